The van der Waals surface area contributed by atoms with Crippen molar-refractivity contribution in [3.05, 3.63) is 23.5 Å². The molecule has 0 atom stereocenters. The normalized spacial score (nSPS) is 12.6. The monoisotopic (exact) mass is 217 g/mol. The molecular weight excluding hydrogens is 198 g/mol. The van der Waals surface area contributed by atoms with Gasteiger partial charge in [0.1, 0.15) is 0 Å². The smallest absolute Gasteiger partial charge is 0.181 e. The summed E-state index contributed by atoms with van der Waals surface area (Å²) < 4.78 is 0. The number of nitrogens with zero attached hydrogens (tertiary/aromatic N) is 2. The lowest BCUT2D eigenvalue weighted by Gasteiger charge is -2.16. The Morgan fingerprint density at radius 2 is 1.94 bits per heavy atom. The molecule has 0 spiro atoms. The molecule has 0 bridgehead atoms. The van der Waals surface area contributed by atoms with E-state index in [-0.39, 0.29) is 5.41 Å². The summed E-state index contributed by atoms with van der Waals surface area (Å²) in [5, 5.41) is 8.51. The van der Waals surface area contributed by atoms with Crippen molar-refractivity contribution in [2.24, 2.45) is 0 Å². The van der Waals surface area contributed by atoms with Crippen LogP contribution < -0.4 is 0 Å². The summed E-state index contributed by atoms with van der Waals surface area (Å²) in [5.74, 6) is 0.500. The quantitative estimate of drug-likeness (QED) is 0.795. The fraction of sp³-hybridized carbons (Fsp3) is 0.538. The molecule has 2 aromatic heterocycles. The molecule has 0 aliphatic rings. The molecular formula is C13H19N3. The van der Waals surface area contributed by atoms with Crippen molar-refractivity contribution in [1.29, 1.82) is 0 Å². The van der Waals surface area contributed by atoms with Crippen LogP contribution in [-0.2, 0) is 5.41 Å². The van der Waals surface area contributed by atoms with E-state index in [1.165, 1.54) is 5.56 Å². The molecule has 86 valence electrons. The Kier molecular flexibility index (Phi) is 2.49. The Morgan fingerprint density at radius 3 is 2.50 bits per heavy atom. The predicted octanol–water partition coefficient (Wildman–Crippen LogP) is 3.38. The fourth-order valence-electron chi connectivity index (χ4n) is 1.80. The number of rotatable bonds is 1. The van der Waals surface area contributed by atoms with Gasteiger partial charge in [0, 0.05) is 17.0 Å². The molecule has 0 aromatic carbocycles. The van der Waals surface area contributed by atoms with E-state index in [0.29, 0.717) is 5.92 Å². The van der Waals surface area contributed by atoms with Gasteiger partial charge >= 0.3 is 0 Å². The first-order valence-corrected chi connectivity index (χ1v) is 5.74. The lowest BCUT2D eigenvalue weighted by atomic mass is 9.89. The molecule has 0 amide bonds. The van der Waals surface area contributed by atoms with Crippen LogP contribution in [0.5, 0.6) is 0 Å². The van der Waals surface area contributed by atoms with Gasteiger partial charge in [-0.25, -0.2) is 4.98 Å². The van der Waals surface area contributed by atoms with Crippen LogP contribution in [0.1, 0.15) is 51.8 Å². The predicted molar refractivity (Wildman–Crippen MR) is 66.7 cm³/mol. The van der Waals surface area contributed by atoms with Crippen molar-refractivity contribution in [2.75, 3.05) is 0 Å². The summed E-state index contributed by atoms with van der Waals surface area (Å²) in [6.07, 6.45) is 1.92. The highest BCUT2D eigenvalue weighted by molar-refractivity contribution is 5.79. The summed E-state index contributed by atoms with van der Waals surface area (Å²) in [7, 11) is 0. The molecule has 0 unspecified atom stereocenters. The Morgan fingerprint density at radius 1 is 1.25 bits per heavy atom. The zero-order valence-electron chi connectivity index (χ0n) is 10.6. The minimum atomic E-state index is 0.0754. The summed E-state index contributed by atoms with van der Waals surface area (Å²) in [6.45, 7) is 10.9. The van der Waals surface area contributed by atoms with Gasteiger partial charge in [-0.05, 0) is 17.5 Å². The Hall–Kier alpha value is -1.38. The summed E-state index contributed by atoms with van der Waals surface area (Å²) in [6, 6.07) is 2.21. The molecule has 3 nitrogen and oxygen atoms in total. The van der Waals surface area contributed by atoms with E-state index in [2.05, 4.69) is 55.9 Å². The number of fused-ring (bicyclic) bond motifs is 1. The van der Waals surface area contributed by atoms with Crippen LogP contribution in [0, 0.1) is 0 Å². The Labute approximate surface area is 96.3 Å². The summed E-state index contributed by atoms with van der Waals surface area (Å²) >= 11 is 0. The number of hydrogen-bond donors (Lipinski definition) is 1. The van der Waals surface area contributed by atoms with E-state index in [1.807, 2.05) is 6.20 Å². The SMILES string of the molecule is CC(C)c1cnc2n[nH]c(C(C)(C)C)c2c1. The van der Waals surface area contributed by atoms with E-state index in [0.717, 1.165) is 16.7 Å². The van der Waals surface area contributed by atoms with Gasteiger partial charge in [0.15, 0.2) is 5.65 Å². The van der Waals surface area contributed by atoms with Crippen LogP contribution in [0.15, 0.2) is 12.3 Å². The number of nitrogens with one attached hydrogen (secondary N) is 1. The molecule has 0 saturated heterocycles. The third kappa shape index (κ3) is 1.82. The van der Waals surface area contributed by atoms with Crippen molar-refractivity contribution in [3.63, 3.8) is 0 Å². The molecule has 3 heteroatoms. The fourth-order valence-corrected chi connectivity index (χ4v) is 1.80. The highest BCUT2D eigenvalue weighted by Gasteiger charge is 2.20. The van der Waals surface area contributed by atoms with Gasteiger partial charge in [0.2, 0.25) is 0 Å². The molecule has 0 aliphatic carbocycles. The minimum Gasteiger partial charge on any atom is -0.279 e. The first-order valence-electron chi connectivity index (χ1n) is 5.74. The molecule has 1 N–H and O–H groups in total. The third-order valence-corrected chi connectivity index (χ3v) is 2.85. The van der Waals surface area contributed by atoms with E-state index < -0.39 is 0 Å². The summed E-state index contributed by atoms with van der Waals surface area (Å²) in [4.78, 5) is 4.39. The largest absolute Gasteiger partial charge is 0.279 e. The maximum Gasteiger partial charge on any atom is 0.181 e. The number of H-pyrrole nitrogens is 1. The van der Waals surface area contributed by atoms with Gasteiger partial charge in [-0.1, -0.05) is 34.6 Å². The van der Waals surface area contributed by atoms with E-state index in [1.54, 1.807) is 0 Å². The maximum atomic E-state index is 4.39. The highest BCUT2D eigenvalue weighted by atomic mass is 15.2. The second-order valence-electron chi connectivity index (χ2n) is 5.64. The van der Waals surface area contributed by atoms with Crippen LogP contribution in [-0.4, -0.2) is 15.2 Å². The Balaban J connectivity index is 2.65. The zero-order chi connectivity index (χ0) is 11.9. The first kappa shape index (κ1) is 11.1. The van der Waals surface area contributed by atoms with Gasteiger partial charge in [0.25, 0.3) is 0 Å². The second-order valence-corrected chi connectivity index (χ2v) is 5.64. The molecule has 2 rings (SSSR count). The maximum absolute atomic E-state index is 4.39. The lowest BCUT2D eigenvalue weighted by molar-refractivity contribution is 0.571. The number of pyridine rings is 1. The van der Waals surface area contributed by atoms with Crippen LogP contribution >= 0.6 is 0 Å². The first-order chi connectivity index (χ1) is 7.39. The molecule has 0 radical (unpaired) electrons. The Bertz CT molecular complexity index is 503. The van der Waals surface area contributed by atoms with Crippen molar-refractivity contribution < 1.29 is 0 Å². The average molecular weight is 217 g/mol. The number of aromatic nitrogens is 3. The van der Waals surface area contributed by atoms with Crippen LogP contribution in [0.4, 0.5) is 0 Å². The highest BCUT2D eigenvalue weighted by Crippen LogP contribution is 2.28. The van der Waals surface area contributed by atoms with Crippen molar-refractivity contribution in [1.82, 2.24) is 15.2 Å². The van der Waals surface area contributed by atoms with Gasteiger partial charge in [0.05, 0.1) is 5.69 Å². The van der Waals surface area contributed by atoms with Gasteiger partial charge in [-0.2, -0.15) is 5.10 Å². The molecule has 2 heterocycles. The molecule has 0 fully saturated rings. The van der Waals surface area contributed by atoms with Crippen molar-refractivity contribution in [2.45, 2.75) is 46.0 Å². The third-order valence-electron chi connectivity index (χ3n) is 2.85. The molecule has 0 aliphatic heterocycles. The lowest BCUT2D eigenvalue weighted by Crippen LogP contribution is -2.12. The van der Waals surface area contributed by atoms with Gasteiger partial charge in [-0.15, -0.1) is 0 Å². The number of hydrogen-bond acceptors (Lipinski definition) is 2. The second kappa shape index (κ2) is 3.58. The number of aromatic amines is 1. The van der Waals surface area contributed by atoms with Crippen LogP contribution in [0.2, 0.25) is 0 Å². The minimum absolute atomic E-state index is 0.0754. The topological polar surface area (TPSA) is 41.6 Å². The average Bonchev–Trinajstić information content (AvgIpc) is 2.58. The van der Waals surface area contributed by atoms with Crippen molar-refractivity contribution >= 4 is 11.0 Å². The molecule has 16 heavy (non-hydrogen) atoms. The molecule has 2 aromatic rings. The standard InChI is InChI=1S/C13H19N3/c1-8(2)9-6-10-11(13(3,4)5)15-16-12(10)14-7-9/h6-8H,1-5H3,(H,14,15,16). The van der Waals surface area contributed by atoms with Gasteiger partial charge in [-0.3, -0.25) is 5.10 Å². The summed E-state index contributed by atoms with van der Waals surface area (Å²) in [5.41, 5.74) is 3.32. The van der Waals surface area contributed by atoms with Crippen LogP contribution in [0.25, 0.3) is 11.0 Å². The van der Waals surface area contributed by atoms with Crippen LogP contribution in [0.3, 0.4) is 0 Å². The van der Waals surface area contributed by atoms with E-state index in [9.17, 15) is 0 Å². The van der Waals surface area contributed by atoms with E-state index >= 15 is 0 Å². The zero-order valence-corrected chi connectivity index (χ0v) is 10.6. The van der Waals surface area contributed by atoms with Crippen molar-refractivity contribution in [3.8, 4) is 0 Å². The van der Waals surface area contributed by atoms with Gasteiger partial charge < -0.3 is 0 Å². The van der Waals surface area contributed by atoms with E-state index in [4.69, 9.17) is 0 Å². The molecule has 0 saturated carbocycles.